The van der Waals surface area contributed by atoms with Crippen molar-refractivity contribution in [1.29, 1.82) is 0 Å². The monoisotopic (exact) mass is 333 g/mol. The third-order valence-electron chi connectivity index (χ3n) is 4.22. The third kappa shape index (κ3) is 3.54. The first-order valence-electron chi connectivity index (χ1n) is 8.46. The molecular formula is C16H23N5O3. The number of rotatable bonds is 7. The van der Waals surface area contributed by atoms with Gasteiger partial charge in [0.15, 0.2) is 17.0 Å². The van der Waals surface area contributed by atoms with Gasteiger partial charge in [0.2, 0.25) is 5.91 Å². The van der Waals surface area contributed by atoms with Crippen molar-refractivity contribution >= 4 is 22.9 Å². The first kappa shape index (κ1) is 16.8. The number of aliphatic hydroxyl groups excluding tert-OH is 1. The van der Waals surface area contributed by atoms with Crippen LogP contribution in [0.15, 0.2) is 12.7 Å². The van der Waals surface area contributed by atoms with Crippen LogP contribution in [-0.2, 0) is 9.53 Å². The van der Waals surface area contributed by atoms with Crippen LogP contribution in [0.5, 0.6) is 0 Å². The van der Waals surface area contributed by atoms with Crippen LogP contribution in [-0.4, -0.2) is 43.2 Å². The van der Waals surface area contributed by atoms with Crippen LogP contribution >= 0.6 is 0 Å². The molecule has 1 amide bonds. The maximum atomic E-state index is 12.0. The second-order valence-corrected chi connectivity index (χ2v) is 6.02. The predicted octanol–water partition coefficient (Wildman–Crippen LogP) is 2.02. The van der Waals surface area contributed by atoms with E-state index in [1.165, 1.54) is 6.33 Å². The lowest BCUT2D eigenvalue weighted by Crippen LogP contribution is -2.15. The molecule has 24 heavy (non-hydrogen) atoms. The van der Waals surface area contributed by atoms with Crippen molar-refractivity contribution < 1.29 is 14.6 Å². The molecule has 0 aliphatic carbocycles. The molecule has 0 radical (unpaired) electrons. The predicted molar refractivity (Wildman–Crippen MR) is 88.3 cm³/mol. The van der Waals surface area contributed by atoms with E-state index in [4.69, 9.17) is 4.74 Å². The number of amides is 1. The molecule has 0 unspecified atom stereocenters. The van der Waals surface area contributed by atoms with Gasteiger partial charge in [-0.1, -0.05) is 19.8 Å². The quantitative estimate of drug-likeness (QED) is 0.752. The maximum absolute atomic E-state index is 12.0. The molecule has 8 nitrogen and oxygen atoms in total. The first-order valence-corrected chi connectivity index (χ1v) is 8.46. The minimum atomic E-state index is -0.199. The van der Waals surface area contributed by atoms with Gasteiger partial charge in [0.1, 0.15) is 12.6 Å². The molecule has 0 spiro atoms. The molecular weight excluding hydrogens is 310 g/mol. The summed E-state index contributed by atoms with van der Waals surface area (Å²) in [4.78, 5) is 24.8. The van der Waals surface area contributed by atoms with Gasteiger partial charge in [0.05, 0.1) is 19.0 Å². The average Bonchev–Trinajstić information content (AvgIpc) is 3.21. The van der Waals surface area contributed by atoms with Crippen molar-refractivity contribution in [3.63, 3.8) is 0 Å². The smallest absolute Gasteiger partial charge is 0.225 e. The van der Waals surface area contributed by atoms with E-state index in [2.05, 4.69) is 27.2 Å². The van der Waals surface area contributed by atoms with E-state index in [1.807, 2.05) is 4.57 Å². The van der Waals surface area contributed by atoms with Crippen LogP contribution in [0, 0.1) is 0 Å². The van der Waals surface area contributed by atoms with Crippen molar-refractivity contribution in [2.45, 2.75) is 57.8 Å². The van der Waals surface area contributed by atoms with Crippen molar-refractivity contribution in [3.05, 3.63) is 12.7 Å². The van der Waals surface area contributed by atoms with E-state index >= 15 is 0 Å². The SMILES string of the molecule is CCCCCC(=O)Nc1ncnc2c1ncn2[C@H]1CC[C@@H](CO)O1. The van der Waals surface area contributed by atoms with Crippen molar-refractivity contribution in [1.82, 2.24) is 19.5 Å². The minimum Gasteiger partial charge on any atom is -0.394 e. The number of imidazole rings is 1. The third-order valence-corrected chi connectivity index (χ3v) is 4.22. The Morgan fingerprint density at radius 3 is 3.00 bits per heavy atom. The van der Waals surface area contributed by atoms with E-state index in [0.717, 1.165) is 32.1 Å². The number of unbranched alkanes of at least 4 members (excludes halogenated alkanes) is 2. The van der Waals surface area contributed by atoms with Gasteiger partial charge >= 0.3 is 0 Å². The number of carbonyl (C=O) groups excluding carboxylic acids is 1. The van der Waals surface area contributed by atoms with Crippen LogP contribution in [0.25, 0.3) is 11.2 Å². The Morgan fingerprint density at radius 1 is 1.38 bits per heavy atom. The van der Waals surface area contributed by atoms with Gasteiger partial charge in [0.25, 0.3) is 0 Å². The van der Waals surface area contributed by atoms with E-state index in [1.54, 1.807) is 6.33 Å². The van der Waals surface area contributed by atoms with Gasteiger partial charge in [0, 0.05) is 6.42 Å². The number of nitrogens with one attached hydrogen (secondary N) is 1. The van der Waals surface area contributed by atoms with Crippen LogP contribution in [0.1, 0.15) is 51.7 Å². The summed E-state index contributed by atoms with van der Waals surface area (Å²) in [5, 5.41) is 12.0. The molecule has 1 fully saturated rings. The Labute approximate surface area is 140 Å². The Bertz CT molecular complexity index is 702. The Balaban J connectivity index is 1.76. The molecule has 0 saturated carbocycles. The van der Waals surface area contributed by atoms with Crippen LogP contribution in [0.3, 0.4) is 0 Å². The summed E-state index contributed by atoms with van der Waals surface area (Å²) in [6, 6.07) is 0. The lowest BCUT2D eigenvalue weighted by molar-refractivity contribution is -0.116. The molecule has 0 bridgehead atoms. The summed E-state index contributed by atoms with van der Waals surface area (Å²) >= 11 is 0. The molecule has 1 aliphatic heterocycles. The number of ether oxygens (including phenoxy) is 1. The van der Waals surface area contributed by atoms with Crippen molar-refractivity contribution in [3.8, 4) is 0 Å². The summed E-state index contributed by atoms with van der Waals surface area (Å²) in [6.45, 7) is 2.11. The van der Waals surface area contributed by atoms with Gasteiger partial charge in [-0.05, 0) is 19.3 Å². The number of aromatic nitrogens is 4. The standard InChI is InChI=1S/C16H23N5O3/c1-2-3-4-5-12(23)20-15-14-16(18-9-17-15)21(10-19-14)13-7-6-11(8-22)24-13/h9-11,13,22H,2-8H2,1H3,(H,17,18,20,23)/t11-,13+/m0/s1. The van der Waals surface area contributed by atoms with Crippen molar-refractivity contribution in [2.75, 3.05) is 11.9 Å². The number of hydrogen-bond donors (Lipinski definition) is 2. The van der Waals surface area contributed by atoms with Gasteiger partial charge in [-0.2, -0.15) is 0 Å². The molecule has 3 heterocycles. The number of nitrogens with zero attached hydrogens (tertiary/aromatic N) is 4. The lowest BCUT2D eigenvalue weighted by Gasteiger charge is -2.13. The van der Waals surface area contributed by atoms with Crippen LogP contribution < -0.4 is 5.32 Å². The maximum Gasteiger partial charge on any atom is 0.225 e. The fourth-order valence-electron chi connectivity index (χ4n) is 2.91. The topological polar surface area (TPSA) is 102 Å². The zero-order valence-corrected chi connectivity index (χ0v) is 13.8. The fourth-order valence-corrected chi connectivity index (χ4v) is 2.91. The largest absolute Gasteiger partial charge is 0.394 e. The molecule has 2 atom stereocenters. The zero-order valence-electron chi connectivity index (χ0n) is 13.8. The second-order valence-electron chi connectivity index (χ2n) is 6.02. The molecule has 1 aliphatic rings. The van der Waals surface area contributed by atoms with Gasteiger partial charge in [-0.25, -0.2) is 15.0 Å². The van der Waals surface area contributed by atoms with Crippen LogP contribution in [0.4, 0.5) is 5.82 Å². The average molecular weight is 333 g/mol. The summed E-state index contributed by atoms with van der Waals surface area (Å²) in [5.74, 6) is 0.368. The minimum absolute atomic E-state index is 0.0111. The van der Waals surface area contributed by atoms with Gasteiger partial charge in [-0.15, -0.1) is 0 Å². The highest BCUT2D eigenvalue weighted by molar-refractivity contribution is 5.96. The Hall–Kier alpha value is -2.06. The van der Waals surface area contributed by atoms with E-state index < -0.39 is 0 Å². The zero-order chi connectivity index (χ0) is 16.9. The van der Waals surface area contributed by atoms with Crippen molar-refractivity contribution in [2.24, 2.45) is 0 Å². The highest BCUT2D eigenvalue weighted by Gasteiger charge is 2.27. The Morgan fingerprint density at radius 2 is 2.25 bits per heavy atom. The molecule has 3 rings (SSSR count). The molecule has 130 valence electrons. The van der Waals surface area contributed by atoms with Crippen LogP contribution in [0.2, 0.25) is 0 Å². The highest BCUT2D eigenvalue weighted by Crippen LogP contribution is 2.31. The second kappa shape index (κ2) is 7.67. The number of anilines is 1. The summed E-state index contributed by atoms with van der Waals surface area (Å²) in [5.41, 5.74) is 1.18. The summed E-state index contributed by atoms with van der Waals surface area (Å²) in [6.07, 6.45) is 7.76. The number of carbonyl (C=O) groups is 1. The van der Waals surface area contributed by atoms with E-state index in [9.17, 15) is 9.90 Å². The molecule has 2 aromatic heterocycles. The number of aliphatic hydroxyl groups is 1. The van der Waals surface area contributed by atoms with E-state index in [0.29, 0.717) is 23.4 Å². The molecule has 2 N–H and O–H groups in total. The molecule has 8 heteroatoms. The summed E-state index contributed by atoms with van der Waals surface area (Å²) in [7, 11) is 0. The van der Waals surface area contributed by atoms with Gasteiger partial charge in [-0.3, -0.25) is 9.36 Å². The van der Waals surface area contributed by atoms with E-state index in [-0.39, 0.29) is 24.8 Å². The van der Waals surface area contributed by atoms with Gasteiger partial charge < -0.3 is 15.2 Å². The lowest BCUT2D eigenvalue weighted by atomic mass is 10.2. The molecule has 0 aromatic carbocycles. The summed E-state index contributed by atoms with van der Waals surface area (Å²) < 4.78 is 7.61. The normalized spacial score (nSPS) is 20.6. The molecule has 2 aromatic rings. The Kier molecular flexibility index (Phi) is 5.37. The molecule has 1 saturated heterocycles. The highest BCUT2D eigenvalue weighted by atomic mass is 16.5. The fraction of sp³-hybridized carbons (Fsp3) is 0.625. The number of hydrogen-bond acceptors (Lipinski definition) is 6. The first-order chi connectivity index (χ1) is 11.7. The number of fused-ring (bicyclic) bond motifs is 1.